The average molecular weight is 238 g/mol. The van der Waals surface area contributed by atoms with E-state index in [1.54, 1.807) is 0 Å². The van der Waals surface area contributed by atoms with E-state index in [4.69, 9.17) is 5.73 Å². The highest BCUT2D eigenvalue weighted by Gasteiger charge is 2.42. The van der Waals surface area contributed by atoms with Crippen LogP contribution in [0, 0.1) is 5.82 Å². The van der Waals surface area contributed by atoms with Crippen LogP contribution in [0.2, 0.25) is 0 Å². The number of nitrogens with zero attached hydrogens (tertiary/aromatic N) is 1. The van der Waals surface area contributed by atoms with Gasteiger partial charge >= 0.3 is 0 Å². The fourth-order valence-electron chi connectivity index (χ4n) is 1.87. The molecule has 0 bridgehead atoms. The summed E-state index contributed by atoms with van der Waals surface area (Å²) in [7, 11) is 0. The van der Waals surface area contributed by atoms with Crippen LogP contribution in [0.1, 0.15) is 23.7 Å². The maximum absolute atomic E-state index is 13.2. The topological polar surface area (TPSA) is 66.6 Å². The quantitative estimate of drug-likeness (QED) is 0.755. The van der Waals surface area contributed by atoms with Gasteiger partial charge in [0, 0.05) is 5.56 Å². The minimum Gasteiger partial charge on any atom is -0.396 e. The molecule has 92 valence electrons. The molecule has 3 N–H and O–H groups in total. The second-order valence-corrected chi connectivity index (χ2v) is 4.48. The van der Waals surface area contributed by atoms with E-state index in [0.29, 0.717) is 19.5 Å². The van der Waals surface area contributed by atoms with Crippen molar-refractivity contribution in [3.05, 3.63) is 29.6 Å². The van der Waals surface area contributed by atoms with Crippen molar-refractivity contribution < 1.29 is 14.3 Å². The summed E-state index contributed by atoms with van der Waals surface area (Å²) in [6, 6.07) is 3.99. The smallest absolute Gasteiger partial charge is 0.254 e. The van der Waals surface area contributed by atoms with Gasteiger partial charge in [0.05, 0.1) is 24.4 Å². The first-order chi connectivity index (χ1) is 7.95. The molecule has 1 aliphatic heterocycles. The molecule has 1 heterocycles. The third-order valence-electron chi connectivity index (χ3n) is 3.16. The molecule has 0 spiro atoms. The SMILES string of the molecule is CCC1(O)CN(C(=O)c2ccc(N)c(F)c2)C1. The zero-order valence-corrected chi connectivity index (χ0v) is 9.61. The predicted octanol–water partition coefficient (Wildman–Crippen LogP) is 1.00. The minimum absolute atomic E-state index is 0.0234. The summed E-state index contributed by atoms with van der Waals surface area (Å²) in [5.41, 5.74) is 4.84. The molecule has 1 aromatic carbocycles. The Kier molecular flexibility index (Phi) is 2.79. The minimum atomic E-state index is -0.776. The number of carbonyl (C=O) groups is 1. The standard InChI is InChI=1S/C12H15FN2O2/c1-2-12(17)6-15(7-12)11(16)8-3-4-10(14)9(13)5-8/h3-5,17H,2,6-7,14H2,1H3. The first-order valence-corrected chi connectivity index (χ1v) is 5.52. The third kappa shape index (κ3) is 2.10. The van der Waals surface area contributed by atoms with E-state index < -0.39 is 11.4 Å². The number of nitrogens with two attached hydrogens (primary N) is 1. The van der Waals surface area contributed by atoms with Crippen LogP contribution in [0.4, 0.5) is 10.1 Å². The lowest BCUT2D eigenvalue weighted by atomic mass is 9.90. The van der Waals surface area contributed by atoms with Crippen molar-refractivity contribution in [1.29, 1.82) is 0 Å². The van der Waals surface area contributed by atoms with E-state index in [1.807, 2.05) is 6.92 Å². The number of hydrogen-bond donors (Lipinski definition) is 2. The van der Waals surface area contributed by atoms with Crippen LogP contribution in [0.15, 0.2) is 18.2 Å². The molecule has 1 aromatic rings. The molecule has 4 nitrogen and oxygen atoms in total. The molecule has 1 saturated heterocycles. The molecule has 1 fully saturated rings. The average Bonchev–Trinajstić information content (AvgIpc) is 2.27. The molecule has 0 atom stereocenters. The fourth-order valence-corrected chi connectivity index (χ4v) is 1.87. The van der Waals surface area contributed by atoms with E-state index >= 15 is 0 Å². The number of likely N-dealkylation sites (tertiary alicyclic amines) is 1. The molecule has 5 heteroatoms. The van der Waals surface area contributed by atoms with Gasteiger partial charge in [-0.15, -0.1) is 0 Å². The van der Waals surface area contributed by atoms with E-state index in [1.165, 1.54) is 17.0 Å². The van der Waals surface area contributed by atoms with E-state index in [2.05, 4.69) is 0 Å². The number of hydrogen-bond acceptors (Lipinski definition) is 3. The van der Waals surface area contributed by atoms with Gasteiger partial charge in [0.1, 0.15) is 5.82 Å². The number of β-amino-alcohol motifs (C(OH)–C–C–N with tert-alkyl or cyclic N) is 1. The van der Waals surface area contributed by atoms with Crippen LogP contribution in [0.3, 0.4) is 0 Å². The summed E-state index contributed by atoms with van der Waals surface area (Å²) >= 11 is 0. The summed E-state index contributed by atoms with van der Waals surface area (Å²) in [4.78, 5) is 13.4. The van der Waals surface area contributed by atoms with Crippen molar-refractivity contribution in [1.82, 2.24) is 4.90 Å². The van der Waals surface area contributed by atoms with Crippen LogP contribution in [-0.4, -0.2) is 34.6 Å². The second-order valence-electron chi connectivity index (χ2n) is 4.48. The van der Waals surface area contributed by atoms with Crippen molar-refractivity contribution in [2.24, 2.45) is 0 Å². The van der Waals surface area contributed by atoms with E-state index in [-0.39, 0.29) is 17.2 Å². The highest BCUT2D eigenvalue weighted by Crippen LogP contribution is 2.26. The number of nitrogen functional groups attached to an aromatic ring is 1. The van der Waals surface area contributed by atoms with Crippen LogP contribution in [0.25, 0.3) is 0 Å². The molecular weight excluding hydrogens is 223 g/mol. The summed E-state index contributed by atoms with van der Waals surface area (Å²) in [5.74, 6) is -0.871. The Morgan fingerprint density at radius 2 is 2.24 bits per heavy atom. The molecule has 0 aromatic heterocycles. The van der Waals surface area contributed by atoms with Crippen LogP contribution in [0.5, 0.6) is 0 Å². The molecular formula is C12H15FN2O2. The van der Waals surface area contributed by atoms with Crippen LogP contribution < -0.4 is 5.73 Å². The molecule has 17 heavy (non-hydrogen) atoms. The number of rotatable bonds is 2. The Labute approximate surface area is 98.8 Å². The molecule has 0 radical (unpaired) electrons. The van der Waals surface area contributed by atoms with E-state index in [9.17, 15) is 14.3 Å². The first kappa shape index (κ1) is 11.9. The number of anilines is 1. The van der Waals surface area contributed by atoms with Crippen molar-refractivity contribution in [2.75, 3.05) is 18.8 Å². The van der Waals surface area contributed by atoms with Gasteiger partial charge in [0.25, 0.3) is 5.91 Å². The molecule has 0 saturated carbocycles. The molecule has 1 aliphatic rings. The van der Waals surface area contributed by atoms with Crippen molar-refractivity contribution in [3.63, 3.8) is 0 Å². The summed E-state index contributed by atoms with van der Waals surface area (Å²) < 4.78 is 13.2. The maximum Gasteiger partial charge on any atom is 0.254 e. The van der Waals surface area contributed by atoms with Gasteiger partial charge in [-0.3, -0.25) is 4.79 Å². The highest BCUT2D eigenvalue weighted by molar-refractivity contribution is 5.95. The lowest BCUT2D eigenvalue weighted by molar-refractivity contribution is -0.0826. The zero-order chi connectivity index (χ0) is 12.6. The lowest BCUT2D eigenvalue weighted by Crippen LogP contribution is -2.63. The number of carbonyl (C=O) groups excluding carboxylic acids is 1. The van der Waals surface area contributed by atoms with Gasteiger partial charge in [0.2, 0.25) is 0 Å². The number of aliphatic hydroxyl groups is 1. The zero-order valence-electron chi connectivity index (χ0n) is 9.61. The Morgan fingerprint density at radius 1 is 1.59 bits per heavy atom. The number of amides is 1. The van der Waals surface area contributed by atoms with Crippen LogP contribution >= 0.6 is 0 Å². The van der Waals surface area contributed by atoms with Gasteiger partial charge in [-0.2, -0.15) is 0 Å². The number of halogens is 1. The number of benzene rings is 1. The predicted molar refractivity (Wildman–Crippen MR) is 62.0 cm³/mol. The molecule has 0 unspecified atom stereocenters. The van der Waals surface area contributed by atoms with Crippen molar-refractivity contribution in [2.45, 2.75) is 18.9 Å². The Bertz CT molecular complexity index is 456. The van der Waals surface area contributed by atoms with Crippen LogP contribution in [-0.2, 0) is 0 Å². The molecule has 0 aliphatic carbocycles. The fraction of sp³-hybridized carbons (Fsp3) is 0.417. The summed E-state index contributed by atoms with van der Waals surface area (Å²) in [5, 5.41) is 9.80. The van der Waals surface area contributed by atoms with Gasteiger partial charge < -0.3 is 15.7 Å². The Hall–Kier alpha value is -1.62. The monoisotopic (exact) mass is 238 g/mol. The van der Waals surface area contributed by atoms with Gasteiger partial charge in [-0.05, 0) is 24.6 Å². The third-order valence-corrected chi connectivity index (χ3v) is 3.16. The maximum atomic E-state index is 13.2. The largest absolute Gasteiger partial charge is 0.396 e. The Morgan fingerprint density at radius 3 is 2.76 bits per heavy atom. The summed E-state index contributed by atoms with van der Waals surface area (Å²) in [6.45, 7) is 2.47. The van der Waals surface area contributed by atoms with Gasteiger partial charge in [-0.25, -0.2) is 4.39 Å². The molecule has 2 rings (SSSR count). The lowest BCUT2D eigenvalue weighted by Gasteiger charge is -2.46. The van der Waals surface area contributed by atoms with Crippen molar-refractivity contribution in [3.8, 4) is 0 Å². The highest BCUT2D eigenvalue weighted by atomic mass is 19.1. The Balaban J connectivity index is 2.09. The molecule has 1 amide bonds. The van der Waals surface area contributed by atoms with E-state index in [0.717, 1.165) is 6.07 Å². The van der Waals surface area contributed by atoms with Gasteiger partial charge in [-0.1, -0.05) is 6.92 Å². The first-order valence-electron chi connectivity index (χ1n) is 5.52. The normalized spacial score (nSPS) is 17.7. The second kappa shape index (κ2) is 4.00. The van der Waals surface area contributed by atoms with Gasteiger partial charge in [0.15, 0.2) is 0 Å². The van der Waals surface area contributed by atoms with Crippen molar-refractivity contribution >= 4 is 11.6 Å². The summed E-state index contributed by atoms with van der Waals surface area (Å²) in [6.07, 6.45) is 0.604.